The molecule has 0 aliphatic carbocycles. The summed E-state index contributed by atoms with van der Waals surface area (Å²) in [5.74, 6) is 0.348. The number of ketones is 1. The van der Waals surface area contributed by atoms with Crippen LogP contribution < -0.4 is 0 Å². The first-order valence-corrected chi connectivity index (χ1v) is 9.26. The van der Waals surface area contributed by atoms with E-state index < -0.39 is 0 Å². The number of benzene rings is 2. The molecule has 0 aromatic heterocycles. The van der Waals surface area contributed by atoms with Crippen LogP contribution in [0, 0.1) is 0 Å². The molecule has 25 heavy (non-hydrogen) atoms. The summed E-state index contributed by atoms with van der Waals surface area (Å²) in [7, 11) is 0. The lowest BCUT2D eigenvalue weighted by Crippen LogP contribution is -2.59. The highest BCUT2D eigenvalue weighted by Crippen LogP contribution is 2.22. The summed E-state index contributed by atoms with van der Waals surface area (Å²) in [6.07, 6.45) is 0.599. The van der Waals surface area contributed by atoms with E-state index in [0.717, 1.165) is 26.2 Å². The van der Waals surface area contributed by atoms with Gasteiger partial charge in [0, 0.05) is 38.6 Å². The third-order valence-electron chi connectivity index (χ3n) is 5.10. The van der Waals surface area contributed by atoms with Gasteiger partial charge in [-0.1, -0.05) is 67.6 Å². The molecule has 2 aromatic rings. The van der Waals surface area contributed by atoms with Crippen LogP contribution >= 0.6 is 0 Å². The zero-order chi connectivity index (χ0) is 17.6. The first kappa shape index (κ1) is 17.8. The quantitative estimate of drug-likeness (QED) is 0.803. The second kappa shape index (κ2) is 8.41. The Balaban J connectivity index is 1.74. The summed E-state index contributed by atoms with van der Waals surface area (Å²) >= 11 is 0. The molecule has 1 heterocycles. The minimum absolute atomic E-state index is 0.0160. The fourth-order valence-electron chi connectivity index (χ4n) is 3.76. The number of nitrogens with zero attached hydrogens (tertiary/aromatic N) is 2. The van der Waals surface area contributed by atoms with Crippen LogP contribution in [0.4, 0.5) is 0 Å². The molecule has 3 nitrogen and oxygen atoms in total. The van der Waals surface area contributed by atoms with Gasteiger partial charge in [-0.15, -0.1) is 0 Å². The summed E-state index contributed by atoms with van der Waals surface area (Å²) in [6.45, 7) is 7.79. The van der Waals surface area contributed by atoms with Crippen molar-refractivity contribution in [3.05, 3.63) is 71.8 Å². The lowest BCUT2D eigenvalue weighted by molar-refractivity contribution is -0.128. The summed E-state index contributed by atoms with van der Waals surface area (Å²) in [4.78, 5) is 17.5. The molecule has 1 saturated heterocycles. The monoisotopic (exact) mass is 336 g/mol. The Morgan fingerprint density at radius 2 is 1.48 bits per heavy atom. The van der Waals surface area contributed by atoms with E-state index in [2.05, 4.69) is 65.3 Å². The van der Waals surface area contributed by atoms with E-state index in [1.165, 1.54) is 11.1 Å². The predicted molar refractivity (Wildman–Crippen MR) is 102 cm³/mol. The number of rotatable bonds is 6. The van der Waals surface area contributed by atoms with Crippen molar-refractivity contribution in [1.29, 1.82) is 0 Å². The smallest absolute Gasteiger partial charge is 0.151 e. The molecule has 1 fully saturated rings. The van der Waals surface area contributed by atoms with Gasteiger partial charge in [0.05, 0.1) is 6.04 Å². The molecule has 0 N–H and O–H groups in total. The van der Waals surface area contributed by atoms with Gasteiger partial charge in [0.25, 0.3) is 0 Å². The Kier molecular flexibility index (Phi) is 6.00. The van der Waals surface area contributed by atoms with Crippen molar-refractivity contribution in [2.24, 2.45) is 0 Å². The van der Waals surface area contributed by atoms with Crippen LogP contribution in [0.25, 0.3) is 0 Å². The molecular formula is C22H28N2O. The van der Waals surface area contributed by atoms with Crippen molar-refractivity contribution in [2.45, 2.75) is 45.4 Å². The van der Waals surface area contributed by atoms with Crippen molar-refractivity contribution in [2.75, 3.05) is 13.1 Å². The zero-order valence-corrected chi connectivity index (χ0v) is 15.3. The van der Waals surface area contributed by atoms with Gasteiger partial charge in [0.15, 0.2) is 5.78 Å². The standard InChI is InChI=1S/C22H28N2O/c1-3-22(25)21-17-23(15-19-10-6-4-7-11-19)14-18(2)24(21)16-20-12-8-5-9-13-20/h4-13,18,21H,3,14-17H2,1-2H3. The van der Waals surface area contributed by atoms with Crippen LogP contribution in [0.15, 0.2) is 60.7 Å². The molecule has 1 aliphatic rings. The van der Waals surface area contributed by atoms with Crippen LogP contribution in [-0.4, -0.2) is 40.8 Å². The van der Waals surface area contributed by atoms with Crippen molar-refractivity contribution in [1.82, 2.24) is 9.80 Å². The van der Waals surface area contributed by atoms with Gasteiger partial charge in [-0.05, 0) is 18.1 Å². The highest BCUT2D eigenvalue weighted by molar-refractivity contribution is 5.84. The molecule has 0 radical (unpaired) electrons. The highest BCUT2D eigenvalue weighted by Gasteiger charge is 2.35. The van der Waals surface area contributed by atoms with Gasteiger partial charge < -0.3 is 0 Å². The van der Waals surface area contributed by atoms with Crippen molar-refractivity contribution >= 4 is 5.78 Å². The number of hydrogen-bond acceptors (Lipinski definition) is 3. The zero-order valence-electron chi connectivity index (χ0n) is 15.3. The average Bonchev–Trinajstić information content (AvgIpc) is 2.65. The molecule has 1 aliphatic heterocycles. The first-order valence-electron chi connectivity index (χ1n) is 9.26. The van der Waals surface area contributed by atoms with Crippen LogP contribution in [0.5, 0.6) is 0 Å². The van der Waals surface area contributed by atoms with Crippen LogP contribution in [0.3, 0.4) is 0 Å². The van der Waals surface area contributed by atoms with E-state index in [-0.39, 0.29) is 6.04 Å². The Morgan fingerprint density at radius 3 is 2.04 bits per heavy atom. The van der Waals surface area contributed by atoms with Crippen molar-refractivity contribution < 1.29 is 4.79 Å². The molecule has 3 rings (SSSR count). The third-order valence-corrected chi connectivity index (χ3v) is 5.10. The molecule has 2 unspecified atom stereocenters. The average molecular weight is 336 g/mol. The third kappa shape index (κ3) is 4.56. The SMILES string of the molecule is CCC(=O)C1CN(Cc2ccccc2)CC(C)N1Cc1ccccc1. The first-order chi connectivity index (χ1) is 12.2. The van der Waals surface area contributed by atoms with E-state index in [9.17, 15) is 4.79 Å². The minimum atomic E-state index is -0.0160. The van der Waals surface area contributed by atoms with Gasteiger partial charge in [-0.2, -0.15) is 0 Å². The lowest BCUT2D eigenvalue weighted by Gasteiger charge is -2.45. The molecule has 0 spiro atoms. The van der Waals surface area contributed by atoms with Gasteiger partial charge in [0.1, 0.15) is 0 Å². The number of carbonyl (C=O) groups is 1. The molecule has 0 saturated carbocycles. The number of Topliss-reactive ketones (excluding diaryl/α,β-unsaturated/α-hetero) is 1. The molecule has 2 aromatic carbocycles. The summed E-state index contributed by atoms with van der Waals surface area (Å²) in [6, 6.07) is 21.4. The van der Waals surface area contributed by atoms with E-state index >= 15 is 0 Å². The summed E-state index contributed by atoms with van der Waals surface area (Å²) < 4.78 is 0. The number of piperazine rings is 1. The lowest BCUT2D eigenvalue weighted by atomic mass is 9.99. The Morgan fingerprint density at radius 1 is 0.920 bits per heavy atom. The predicted octanol–water partition coefficient (Wildman–Crippen LogP) is 3.74. The fraction of sp³-hybridized carbons (Fsp3) is 0.409. The largest absolute Gasteiger partial charge is 0.298 e. The van der Waals surface area contributed by atoms with Crippen LogP contribution in [0.2, 0.25) is 0 Å². The molecule has 2 atom stereocenters. The second-order valence-corrected chi connectivity index (χ2v) is 7.02. The number of hydrogen-bond donors (Lipinski definition) is 0. The highest BCUT2D eigenvalue weighted by atomic mass is 16.1. The van der Waals surface area contributed by atoms with Crippen LogP contribution in [0.1, 0.15) is 31.4 Å². The Hall–Kier alpha value is -1.97. The number of carbonyl (C=O) groups excluding carboxylic acids is 1. The van der Waals surface area contributed by atoms with Crippen LogP contribution in [-0.2, 0) is 17.9 Å². The van der Waals surface area contributed by atoms with E-state index in [1.54, 1.807) is 0 Å². The molecule has 3 heteroatoms. The normalized spacial score (nSPS) is 22.0. The summed E-state index contributed by atoms with van der Waals surface area (Å²) in [5.41, 5.74) is 2.59. The maximum Gasteiger partial charge on any atom is 0.151 e. The maximum absolute atomic E-state index is 12.6. The molecular weight excluding hydrogens is 308 g/mol. The van der Waals surface area contributed by atoms with E-state index in [0.29, 0.717) is 18.2 Å². The van der Waals surface area contributed by atoms with E-state index in [1.807, 2.05) is 19.1 Å². The maximum atomic E-state index is 12.6. The van der Waals surface area contributed by atoms with E-state index in [4.69, 9.17) is 0 Å². The van der Waals surface area contributed by atoms with Gasteiger partial charge >= 0.3 is 0 Å². The van der Waals surface area contributed by atoms with Crippen molar-refractivity contribution in [3.63, 3.8) is 0 Å². The second-order valence-electron chi connectivity index (χ2n) is 7.02. The van der Waals surface area contributed by atoms with Crippen molar-refractivity contribution in [3.8, 4) is 0 Å². The fourth-order valence-corrected chi connectivity index (χ4v) is 3.76. The molecule has 0 bridgehead atoms. The minimum Gasteiger partial charge on any atom is -0.298 e. The Labute approximate surface area is 151 Å². The van der Waals surface area contributed by atoms with Gasteiger partial charge in [-0.3, -0.25) is 14.6 Å². The summed E-state index contributed by atoms with van der Waals surface area (Å²) in [5, 5.41) is 0. The van der Waals surface area contributed by atoms with Gasteiger partial charge in [0.2, 0.25) is 0 Å². The molecule has 132 valence electrons. The topological polar surface area (TPSA) is 23.6 Å². The molecule has 0 amide bonds. The Bertz CT molecular complexity index is 671. The van der Waals surface area contributed by atoms with Gasteiger partial charge in [-0.25, -0.2) is 0 Å².